The van der Waals surface area contributed by atoms with Crippen molar-refractivity contribution >= 4 is 46.5 Å². The SMILES string of the molecule is CCC(N)Cc1ccc(Sc2nnc(SC)s2)cc1Cl. The highest BCUT2D eigenvalue weighted by Gasteiger charge is 2.09. The fourth-order valence-electron chi connectivity index (χ4n) is 1.61. The van der Waals surface area contributed by atoms with Crippen molar-refractivity contribution < 1.29 is 0 Å². The lowest BCUT2D eigenvalue weighted by Gasteiger charge is -2.10. The van der Waals surface area contributed by atoms with E-state index < -0.39 is 0 Å². The van der Waals surface area contributed by atoms with Crippen molar-refractivity contribution in [2.24, 2.45) is 5.73 Å². The Morgan fingerprint density at radius 1 is 1.35 bits per heavy atom. The molecule has 2 aromatic rings. The van der Waals surface area contributed by atoms with Crippen LogP contribution in [0.2, 0.25) is 5.02 Å². The zero-order chi connectivity index (χ0) is 14.5. The van der Waals surface area contributed by atoms with Crippen LogP contribution in [0.4, 0.5) is 0 Å². The normalized spacial score (nSPS) is 12.6. The Kier molecular flexibility index (Phi) is 6.17. The Labute approximate surface area is 136 Å². The third-order valence-electron chi connectivity index (χ3n) is 2.80. The Hall–Kier alpha value is -0.270. The molecule has 0 aliphatic carbocycles. The second-order valence-corrected chi connectivity index (χ2v) is 8.02. The molecule has 1 heterocycles. The van der Waals surface area contributed by atoms with E-state index in [1.807, 2.05) is 12.3 Å². The number of nitrogens with two attached hydrogens (primary N) is 1. The molecule has 0 radical (unpaired) electrons. The van der Waals surface area contributed by atoms with Gasteiger partial charge in [0.1, 0.15) is 0 Å². The van der Waals surface area contributed by atoms with Crippen LogP contribution in [0.15, 0.2) is 31.8 Å². The van der Waals surface area contributed by atoms with Crippen LogP contribution in [0.5, 0.6) is 0 Å². The van der Waals surface area contributed by atoms with Gasteiger partial charge in [0.25, 0.3) is 0 Å². The fourth-order valence-corrected chi connectivity index (χ4v) is 4.38. The molecular weight excluding hydrogens is 330 g/mol. The molecule has 108 valence electrons. The first-order valence-electron chi connectivity index (χ1n) is 6.21. The molecule has 0 fully saturated rings. The summed E-state index contributed by atoms with van der Waals surface area (Å²) in [5.41, 5.74) is 7.07. The molecule has 1 aromatic heterocycles. The molecular formula is C13H16ClN3S3. The second-order valence-electron chi connectivity index (χ2n) is 4.27. The lowest BCUT2D eigenvalue weighted by Crippen LogP contribution is -2.21. The topological polar surface area (TPSA) is 51.8 Å². The van der Waals surface area contributed by atoms with Crippen LogP contribution >= 0.6 is 46.5 Å². The minimum Gasteiger partial charge on any atom is -0.327 e. The van der Waals surface area contributed by atoms with Crippen LogP contribution in [0.1, 0.15) is 18.9 Å². The first-order valence-corrected chi connectivity index (χ1v) is 9.45. The molecule has 0 saturated carbocycles. The summed E-state index contributed by atoms with van der Waals surface area (Å²) in [4.78, 5) is 1.08. The quantitative estimate of drug-likeness (QED) is 0.789. The van der Waals surface area contributed by atoms with Crippen LogP contribution in [-0.2, 0) is 6.42 Å². The summed E-state index contributed by atoms with van der Waals surface area (Å²) < 4.78 is 1.91. The minimum atomic E-state index is 0.165. The van der Waals surface area contributed by atoms with Crippen LogP contribution in [-0.4, -0.2) is 22.5 Å². The van der Waals surface area contributed by atoms with E-state index in [2.05, 4.69) is 29.3 Å². The second kappa shape index (κ2) is 7.66. The number of nitrogens with zero attached hydrogens (tertiary/aromatic N) is 2. The third-order valence-corrected chi connectivity index (χ3v) is 6.09. The van der Waals surface area contributed by atoms with Crippen molar-refractivity contribution in [3.63, 3.8) is 0 Å². The summed E-state index contributed by atoms with van der Waals surface area (Å²) in [6.45, 7) is 2.08. The van der Waals surface area contributed by atoms with Gasteiger partial charge in [0.2, 0.25) is 0 Å². The number of aromatic nitrogens is 2. The van der Waals surface area contributed by atoms with E-state index in [4.69, 9.17) is 17.3 Å². The number of benzene rings is 1. The molecule has 20 heavy (non-hydrogen) atoms. The Bertz CT molecular complexity index is 574. The molecule has 0 aliphatic heterocycles. The van der Waals surface area contributed by atoms with E-state index in [0.717, 1.165) is 37.0 Å². The molecule has 0 bridgehead atoms. The van der Waals surface area contributed by atoms with Crippen molar-refractivity contribution in [3.05, 3.63) is 28.8 Å². The molecule has 0 amide bonds. The summed E-state index contributed by atoms with van der Waals surface area (Å²) in [6, 6.07) is 6.26. The van der Waals surface area contributed by atoms with Gasteiger partial charge >= 0.3 is 0 Å². The van der Waals surface area contributed by atoms with Crippen LogP contribution in [0.3, 0.4) is 0 Å². The molecule has 2 rings (SSSR count). The minimum absolute atomic E-state index is 0.165. The Balaban J connectivity index is 2.08. The number of rotatable bonds is 6. The Morgan fingerprint density at radius 2 is 2.10 bits per heavy atom. The molecule has 0 aliphatic rings. The van der Waals surface area contributed by atoms with Crippen molar-refractivity contribution in [2.75, 3.05) is 6.26 Å². The maximum absolute atomic E-state index is 6.32. The predicted octanol–water partition coefficient (Wildman–Crippen LogP) is 4.34. The van der Waals surface area contributed by atoms with Crippen molar-refractivity contribution in [1.82, 2.24) is 10.2 Å². The van der Waals surface area contributed by atoms with Gasteiger partial charge in [0.15, 0.2) is 8.68 Å². The molecule has 3 nitrogen and oxygen atoms in total. The number of hydrogen-bond donors (Lipinski definition) is 1. The number of halogens is 1. The van der Waals surface area contributed by atoms with Gasteiger partial charge in [0.05, 0.1) is 0 Å². The van der Waals surface area contributed by atoms with Crippen molar-refractivity contribution in [1.29, 1.82) is 0 Å². The van der Waals surface area contributed by atoms with Crippen molar-refractivity contribution in [2.45, 2.75) is 39.4 Å². The molecule has 7 heteroatoms. The highest BCUT2D eigenvalue weighted by atomic mass is 35.5. The molecule has 1 atom stereocenters. The van der Waals surface area contributed by atoms with Gasteiger partial charge in [-0.05, 0) is 36.8 Å². The average Bonchev–Trinajstić information content (AvgIpc) is 2.89. The van der Waals surface area contributed by atoms with E-state index in [9.17, 15) is 0 Å². The molecule has 1 unspecified atom stereocenters. The average molecular weight is 346 g/mol. The summed E-state index contributed by atoms with van der Waals surface area (Å²) in [7, 11) is 0. The molecule has 1 aromatic carbocycles. The van der Waals surface area contributed by atoms with Crippen LogP contribution in [0, 0.1) is 0 Å². The lowest BCUT2D eigenvalue weighted by atomic mass is 10.1. The van der Waals surface area contributed by atoms with E-state index in [0.29, 0.717) is 0 Å². The zero-order valence-corrected chi connectivity index (χ0v) is 14.5. The summed E-state index contributed by atoms with van der Waals surface area (Å²) >= 11 is 11.1. The van der Waals surface area contributed by atoms with Crippen LogP contribution in [0.25, 0.3) is 0 Å². The standard InChI is InChI=1S/C13H16ClN3S3/c1-3-9(15)6-8-4-5-10(7-11(8)14)19-13-17-16-12(18-2)20-13/h4-5,7,9H,3,6,15H2,1-2H3. The van der Waals surface area contributed by atoms with Crippen molar-refractivity contribution in [3.8, 4) is 0 Å². The van der Waals surface area contributed by atoms with Gasteiger partial charge in [-0.2, -0.15) is 0 Å². The zero-order valence-electron chi connectivity index (χ0n) is 11.3. The van der Waals surface area contributed by atoms with E-state index in [1.54, 1.807) is 34.9 Å². The van der Waals surface area contributed by atoms with Gasteiger partial charge in [-0.3, -0.25) is 0 Å². The Morgan fingerprint density at radius 3 is 2.70 bits per heavy atom. The van der Waals surface area contributed by atoms with E-state index in [1.165, 1.54) is 0 Å². The summed E-state index contributed by atoms with van der Waals surface area (Å²) in [6.07, 6.45) is 3.77. The van der Waals surface area contributed by atoms with E-state index in [-0.39, 0.29) is 6.04 Å². The maximum Gasteiger partial charge on any atom is 0.179 e. The summed E-state index contributed by atoms with van der Waals surface area (Å²) in [5.74, 6) is 0. The predicted molar refractivity (Wildman–Crippen MR) is 89.2 cm³/mol. The van der Waals surface area contributed by atoms with Gasteiger partial charge in [-0.25, -0.2) is 0 Å². The number of hydrogen-bond acceptors (Lipinski definition) is 6. The molecule has 0 saturated heterocycles. The molecule has 0 spiro atoms. The van der Waals surface area contributed by atoms with Crippen LogP contribution < -0.4 is 5.73 Å². The first kappa shape index (κ1) is 16.1. The smallest absolute Gasteiger partial charge is 0.179 e. The van der Waals surface area contributed by atoms with Gasteiger partial charge in [0, 0.05) is 16.0 Å². The fraction of sp³-hybridized carbons (Fsp3) is 0.385. The summed E-state index contributed by atoms with van der Waals surface area (Å²) in [5, 5.41) is 9.00. The third kappa shape index (κ3) is 4.36. The van der Waals surface area contributed by atoms with Gasteiger partial charge in [-0.15, -0.1) is 10.2 Å². The largest absolute Gasteiger partial charge is 0.327 e. The van der Waals surface area contributed by atoms with Gasteiger partial charge in [-0.1, -0.05) is 59.5 Å². The monoisotopic (exact) mass is 345 g/mol. The number of thioether (sulfide) groups is 1. The van der Waals surface area contributed by atoms with E-state index >= 15 is 0 Å². The highest BCUT2D eigenvalue weighted by molar-refractivity contribution is 8.03. The maximum atomic E-state index is 6.32. The first-order chi connectivity index (χ1) is 9.62. The molecule has 2 N–H and O–H groups in total. The highest BCUT2D eigenvalue weighted by Crippen LogP contribution is 2.34. The lowest BCUT2D eigenvalue weighted by molar-refractivity contribution is 0.646. The van der Waals surface area contributed by atoms with Gasteiger partial charge < -0.3 is 5.73 Å².